The van der Waals surface area contributed by atoms with Crippen LogP contribution in [0.15, 0.2) is 0 Å². The summed E-state index contributed by atoms with van der Waals surface area (Å²) in [5, 5.41) is 3.52. The summed E-state index contributed by atoms with van der Waals surface area (Å²) in [6, 6.07) is 0.591. The van der Waals surface area contributed by atoms with Gasteiger partial charge < -0.3 is 15.0 Å². The molecule has 2 atom stereocenters. The molecule has 2 unspecified atom stereocenters. The van der Waals surface area contributed by atoms with E-state index in [-0.39, 0.29) is 11.9 Å². The van der Waals surface area contributed by atoms with Gasteiger partial charge in [-0.3, -0.25) is 4.79 Å². The Kier molecular flexibility index (Phi) is 6.65. The molecule has 1 aliphatic heterocycles. The minimum atomic E-state index is -0.108. The Bertz CT molecular complexity index is 250. The molecule has 0 aromatic rings. The molecule has 1 fully saturated rings. The third-order valence-corrected chi connectivity index (χ3v) is 3.40. The zero-order chi connectivity index (χ0) is 13.5. The first kappa shape index (κ1) is 15.4. The molecule has 18 heavy (non-hydrogen) atoms. The lowest BCUT2D eigenvalue weighted by Crippen LogP contribution is -2.42. The minimum Gasteiger partial charge on any atom is -0.469 e. The van der Waals surface area contributed by atoms with Crippen LogP contribution in [0.4, 0.5) is 0 Å². The van der Waals surface area contributed by atoms with Crippen LogP contribution < -0.4 is 5.32 Å². The minimum absolute atomic E-state index is 0.0462. The molecule has 0 bridgehead atoms. The maximum absolute atomic E-state index is 11.5. The van der Waals surface area contributed by atoms with Crippen molar-refractivity contribution in [1.82, 2.24) is 10.2 Å². The third-order valence-electron chi connectivity index (χ3n) is 3.40. The standard InChI is InChI=1S/C14H28N2O2/c1-11(2)8-16(9-12(3)14(17)18-4)10-13-6-5-7-15-13/h11-13,15H,5-10H2,1-4H3. The van der Waals surface area contributed by atoms with E-state index >= 15 is 0 Å². The van der Waals surface area contributed by atoms with Crippen molar-refractivity contribution >= 4 is 5.97 Å². The van der Waals surface area contributed by atoms with Gasteiger partial charge in [-0.2, -0.15) is 0 Å². The van der Waals surface area contributed by atoms with E-state index in [1.165, 1.54) is 20.0 Å². The molecular formula is C14H28N2O2. The van der Waals surface area contributed by atoms with Crippen molar-refractivity contribution in [3.8, 4) is 0 Å². The Hall–Kier alpha value is -0.610. The molecule has 1 heterocycles. The number of hydrogen-bond acceptors (Lipinski definition) is 4. The van der Waals surface area contributed by atoms with Crippen molar-refractivity contribution in [2.45, 2.75) is 39.7 Å². The van der Waals surface area contributed by atoms with Crippen LogP contribution in [-0.2, 0) is 9.53 Å². The molecule has 1 N–H and O–H groups in total. The Labute approximate surface area is 111 Å². The van der Waals surface area contributed by atoms with E-state index < -0.39 is 0 Å². The second kappa shape index (κ2) is 7.74. The Morgan fingerprint density at radius 3 is 2.61 bits per heavy atom. The first-order valence-corrected chi connectivity index (χ1v) is 7.06. The maximum Gasteiger partial charge on any atom is 0.309 e. The summed E-state index contributed by atoms with van der Waals surface area (Å²) < 4.78 is 4.81. The Balaban J connectivity index is 2.45. The van der Waals surface area contributed by atoms with Crippen molar-refractivity contribution < 1.29 is 9.53 Å². The van der Waals surface area contributed by atoms with Gasteiger partial charge >= 0.3 is 5.97 Å². The van der Waals surface area contributed by atoms with Gasteiger partial charge in [0.25, 0.3) is 0 Å². The molecule has 0 aliphatic carbocycles. The van der Waals surface area contributed by atoms with Gasteiger partial charge in [-0.25, -0.2) is 0 Å². The molecule has 1 saturated heterocycles. The first-order chi connectivity index (χ1) is 8.52. The normalized spacial score (nSPS) is 21.6. The average molecular weight is 256 g/mol. The summed E-state index contributed by atoms with van der Waals surface area (Å²) in [5.74, 6) is 0.467. The lowest BCUT2D eigenvalue weighted by molar-refractivity contribution is -0.145. The third kappa shape index (κ3) is 5.36. The Morgan fingerprint density at radius 1 is 1.39 bits per heavy atom. The van der Waals surface area contributed by atoms with Gasteiger partial charge in [-0.1, -0.05) is 20.8 Å². The smallest absolute Gasteiger partial charge is 0.309 e. The number of nitrogens with one attached hydrogen (secondary N) is 1. The number of hydrogen-bond donors (Lipinski definition) is 1. The lowest BCUT2D eigenvalue weighted by atomic mass is 10.1. The molecule has 1 rings (SSSR count). The molecule has 0 amide bonds. The van der Waals surface area contributed by atoms with Crippen LogP contribution in [0.2, 0.25) is 0 Å². The quantitative estimate of drug-likeness (QED) is 0.701. The number of ether oxygens (including phenoxy) is 1. The largest absolute Gasteiger partial charge is 0.469 e. The summed E-state index contributed by atoms with van der Waals surface area (Å²) in [6.45, 7) is 10.4. The second-order valence-electron chi connectivity index (χ2n) is 5.83. The maximum atomic E-state index is 11.5. The molecule has 0 radical (unpaired) electrons. The number of esters is 1. The number of nitrogens with zero attached hydrogens (tertiary/aromatic N) is 1. The van der Waals surface area contributed by atoms with Crippen molar-refractivity contribution in [1.29, 1.82) is 0 Å². The van der Waals surface area contributed by atoms with Crippen LogP contribution in [0, 0.1) is 11.8 Å². The molecule has 0 saturated carbocycles. The predicted octanol–water partition coefficient (Wildman–Crippen LogP) is 1.51. The van der Waals surface area contributed by atoms with Crippen molar-refractivity contribution in [2.75, 3.05) is 33.3 Å². The molecule has 0 spiro atoms. The highest BCUT2D eigenvalue weighted by Gasteiger charge is 2.22. The van der Waals surface area contributed by atoms with Crippen molar-refractivity contribution in [3.63, 3.8) is 0 Å². The fourth-order valence-corrected chi connectivity index (χ4v) is 2.63. The molecule has 0 aromatic heterocycles. The zero-order valence-corrected chi connectivity index (χ0v) is 12.2. The van der Waals surface area contributed by atoms with Gasteiger partial charge in [0.15, 0.2) is 0 Å². The van der Waals surface area contributed by atoms with Crippen LogP contribution in [0.5, 0.6) is 0 Å². The van der Waals surface area contributed by atoms with Gasteiger partial charge in [-0.05, 0) is 25.3 Å². The Morgan fingerprint density at radius 2 is 2.11 bits per heavy atom. The van der Waals surface area contributed by atoms with E-state index in [0.717, 1.165) is 26.2 Å². The monoisotopic (exact) mass is 256 g/mol. The predicted molar refractivity (Wildman–Crippen MR) is 73.5 cm³/mol. The van der Waals surface area contributed by atoms with Gasteiger partial charge in [0, 0.05) is 25.7 Å². The van der Waals surface area contributed by atoms with Crippen LogP contribution in [-0.4, -0.2) is 50.2 Å². The van der Waals surface area contributed by atoms with E-state index in [4.69, 9.17) is 4.74 Å². The number of carbonyl (C=O) groups is 1. The van der Waals surface area contributed by atoms with Gasteiger partial charge in [0.2, 0.25) is 0 Å². The van der Waals surface area contributed by atoms with Crippen LogP contribution in [0.1, 0.15) is 33.6 Å². The molecule has 1 aliphatic rings. The number of rotatable bonds is 7. The van der Waals surface area contributed by atoms with Crippen LogP contribution in [0.25, 0.3) is 0 Å². The van der Waals surface area contributed by atoms with Gasteiger partial charge in [0.1, 0.15) is 0 Å². The molecular weight excluding hydrogens is 228 g/mol. The highest BCUT2D eigenvalue weighted by Crippen LogP contribution is 2.11. The number of methoxy groups -OCH3 is 1. The fourth-order valence-electron chi connectivity index (χ4n) is 2.63. The number of carbonyl (C=O) groups excluding carboxylic acids is 1. The highest BCUT2D eigenvalue weighted by atomic mass is 16.5. The summed E-state index contributed by atoms with van der Waals surface area (Å²) in [5.41, 5.74) is 0. The fraction of sp³-hybridized carbons (Fsp3) is 0.929. The molecule has 4 heteroatoms. The summed E-state index contributed by atoms with van der Waals surface area (Å²) in [7, 11) is 1.46. The summed E-state index contributed by atoms with van der Waals surface area (Å²) in [6.07, 6.45) is 2.52. The van der Waals surface area contributed by atoms with E-state index in [9.17, 15) is 4.79 Å². The lowest BCUT2D eigenvalue weighted by Gasteiger charge is -2.29. The molecule has 4 nitrogen and oxygen atoms in total. The molecule has 0 aromatic carbocycles. The topological polar surface area (TPSA) is 41.6 Å². The SMILES string of the molecule is COC(=O)C(C)CN(CC(C)C)CC1CCCN1. The zero-order valence-electron chi connectivity index (χ0n) is 12.2. The van der Waals surface area contributed by atoms with Crippen LogP contribution in [0.3, 0.4) is 0 Å². The van der Waals surface area contributed by atoms with E-state index in [1.54, 1.807) is 0 Å². The highest BCUT2D eigenvalue weighted by molar-refractivity contribution is 5.72. The van der Waals surface area contributed by atoms with Gasteiger partial charge in [-0.15, -0.1) is 0 Å². The van der Waals surface area contributed by atoms with Crippen molar-refractivity contribution in [3.05, 3.63) is 0 Å². The van der Waals surface area contributed by atoms with Crippen LogP contribution >= 0.6 is 0 Å². The first-order valence-electron chi connectivity index (χ1n) is 7.06. The second-order valence-corrected chi connectivity index (χ2v) is 5.83. The molecule has 106 valence electrons. The summed E-state index contributed by atoms with van der Waals surface area (Å²) in [4.78, 5) is 13.9. The van der Waals surface area contributed by atoms with E-state index in [0.29, 0.717) is 12.0 Å². The summed E-state index contributed by atoms with van der Waals surface area (Å²) >= 11 is 0. The average Bonchev–Trinajstić information content (AvgIpc) is 2.79. The van der Waals surface area contributed by atoms with Crippen molar-refractivity contribution in [2.24, 2.45) is 11.8 Å². The van der Waals surface area contributed by atoms with E-state index in [2.05, 4.69) is 24.1 Å². The van der Waals surface area contributed by atoms with E-state index in [1.807, 2.05) is 6.92 Å². The van der Waals surface area contributed by atoms with Gasteiger partial charge in [0.05, 0.1) is 13.0 Å².